The van der Waals surface area contributed by atoms with Crippen molar-refractivity contribution in [3.63, 3.8) is 0 Å². The molecule has 2 heterocycles. The lowest BCUT2D eigenvalue weighted by atomic mass is 9.58. The van der Waals surface area contributed by atoms with E-state index >= 15 is 0 Å². The Bertz CT molecular complexity index is 976. The van der Waals surface area contributed by atoms with Gasteiger partial charge >= 0.3 is 5.97 Å². The summed E-state index contributed by atoms with van der Waals surface area (Å²) < 4.78 is 5.90. The number of thiazole rings is 1. The summed E-state index contributed by atoms with van der Waals surface area (Å²) >= 11 is 1.57. The number of carbonyl (C=O) groups is 2. The largest absolute Gasteiger partial charge is 0.457 e. The molecule has 6 nitrogen and oxygen atoms in total. The number of aryl methyl sites for hydroxylation is 1. The molecule has 0 radical (unpaired) electrons. The summed E-state index contributed by atoms with van der Waals surface area (Å²) in [5.41, 5.74) is 1.98. The second kappa shape index (κ2) is 12.6. The fraction of sp³-hybridized carbons (Fsp3) is 0.690. The van der Waals surface area contributed by atoms with Crippen LogP contribution in [0.4, 0.5) is 0 Å². The molecule has 0 aromatic carbocycles. The molecule has 2 aliphatic rings. The number of allylic oxidation sites excluding steroid dienone is 1. The van der Waals surface area contributed by atoms with Gasteiger partial charge in [-0.1, -0.05) is 31.9 Å². The number of aliphatic hydroxyl groups excluding tert-OH is 2. The zero-order valence-electron chi connectivity index (χ0n) is 22.5. The first kappa shape index (κ1) is 28.7. The summed E-state index contributed by atoms with van der Waals surface area (Å²) in [5.74, 6) is -1.15. The van der Waals surface area contributed by atoms with Gasteiger partial charge < -0.3 is 14.9 Å². The SMILES string of the molecule is CC[C@H]1C(=O)C2(CCC2)[C@H](O)CC(=O)O[C@@H](/C(C)=C/c2csc(C)n2)C/C=C(/C)CCC[C@H](C)[C@H]1O. The van der Waals surface area contributed by atoms with Gasteiger partial charge in [0.05, 0.1) is 34.7 Å². The Labute approximate surface area is 219 Å². The molecule has 1 saturated carbocycles. The topological polar surface area (TPSA) is 96.7 Å². The van der Waals surface area contributed by atoms with Gasteiger partial charge in [-0.25, -0.2) is 4.98 Å². The van der Waals surface area contributed by atoms with Crippen LogP contribution in [-0.2, 0) is 14.3 Å². The van der Waals surface area contributed by atoms with Crippen LogP contribution in [0.15, 0.2) is 22.6 Å². The quantitative estimate of drug-likeness (QED) is 0.388. The van der Waals surface area contributed by atoms with Gasteiger partial charge in [-0.2, -0.15) is 0 Å². The van der Waals surface area contributed by atoms with E-state index in [-0.39, 0.29) is 18.1 Å². The predicted molar refractivity (Wildman–Crippen MR) is 143 cm³/mol. The van der Waals surface area contributed by atoms with Crippen molar-refractivity contribution in [2.24, 2.45) is 17.3 Å². The van der Waals surface area contributed by atoms with Crippen molar-refractivity contribution in [2.45, 2.75) is 111 Å². The smallest absolute Gasteiger partial charge is 0.309 e. The Kier molecular flexibility index (Phi) is 10.1. The standard InChI is InChI=1S/C29H43NO5S/c1-6-23-27(33)19(3)10-7-9-18(2)11-12-24(20(4)15-22-17-36-21(5)30-22)35-26(32)16-25(31)29(28(23)34)13-8-14-29/h11,15,17,19,23-25,27,31,33H,6-10,12-14,16H2,1-5H3/b18-11-,20-15+/t19-,23+,24+,25+,27+/m0/s1. The maximum atomic E-state index is 13.7. The number of hydrogen-bond acceptors (Lipinski definition) is 7. The van der Waals surface area contributed by atoms with E-state index in [0.29, 0.717) is 25.7 Å². The molecule has 0 amide bonds. The molecule has 1 aliphatic carbocycles. The van der Waals surface area contributed by atoms with Crippen LogP contribution in [0, 0.1) is 24.2 Å². The molecule has 1 spiro atoms. The lowest BCUT2D eigenvalue weighted by molar-refractivity contribution is -0.162. The van der Waals surface area contributed by atoms with Gasteiger partial charge in [0.1, 0.15) is 11.9 Å². The van der Waals surface area contributed by atoms with E-state index in [1.165, 1.54) is 5.57 Å². The minimum Gasteiger partial charge on any atom is -0.457 e. The summed E-state index contributed by atoms with van der Waals surface area (Å²) in [4.78, 5) is 31.2. The number of aromatic nitrogens is 1. The second-order valence-electron chi connectivity index (χ2n) is 10.9. The highest BCUT2D eigenvalue weighted by molar-refractivity contribution is 7.09. The predicted octanol–water partition coefficient (Wildman–Crippen LogP) is 5.80. The zero-order chi connectivity index (χ0) is 26.5. The highest BCUT2D eigenvalue weighted by atomic mass is 32.1. The first-order valence-corrected chi connectivity index (χ1v) is 14.3. The zero-order valence-corrected chi connectivity index (χ0v) is 23.3. The number of ether oxygens (including phenoxy) is 1. The van der Waals surface area contributed by atoms with Crippen molar-refractivity contribution in [1.29, 1.82) is 0 Å². The van der Waals surface area contributed by atoms with Crippen LogP contribution in [0.2, 0.25) is 0 Å². The molecule has 3 rings (SSSR count). The molecule has 0 unspecified atom stereocenters. The Balaban J connectivity index is 1.89. The molecule has 0 bridgehead atoms. The molecule has 200 valence electrons. The van der Waals surface area contributed by atoms with Gasteiger partial charge in [0.15, 0.2) is 0 Å². The minimum absolute atomic E-state index is 0.0154. The van der Waals surface area contributed by atoms with Crippen LogP contribution in [0.3, 0.4) is 0 Å². The van der Waals surface area contributed by atoms with Crippen molar-refractivity contribution in [3.05, 3.63) is 33.3 Å². The molecule has 1 aliphatic heterocycles. The Hall–Kier alpha value is -1.83. The van der Waals surface area contributed by atoms with Crippen LogP contribution < -0.4 is 0 Å². The number of Topliss-reactive ketones (excluding diaryl/α,β-unsaturated/α-hetero) is 1. The van der Waals surface area contributed by atoms with Crippen molar-refractivity contribution in [3.8, 4) is 0 Å². The second-order valence-corrected chi connectivity index (χ2v) is 12.0. The molecule has 2 N–H and O–H groups in total. The third kappa shape index (κ3) is 6.73. The van der Waals surface area contributed by atoms with E-state index in [0.717, 1.165) is 42.0 Å². The molecule has 0 saturated heterocycles. The Morgan fingerprint density at radius 2 is 1.97 bits per heavy atom. The lowest BCUT2D eigenvalue weighted by Crippen LogP contribution is -2.53. The van der Waals surface area contributed by atoms with Crippen molar-refractivity contribution < 1.29 is 24.5 Å². The summed E-state index contributed by atoms with van der Waals surface area (Å²) in [6.45, 7) is 9.90. The normalized spacial score (nSPS) is 32.5. The number of carbonyl (C=O) groups excluding carboxylic acids is 2. The van der Waals surface area contributed by atoms with Crippen molar-refractivity contribution >= 4 is 29.2 Å². The van der Waals surface area contributed by atoms with E-state index in [2.05, 4.69) is 18.0 Å². The molecular weight excluding hydrogens is 474 g/mol. The molecule has 7 heteroatoms. The minimum atomic E-state index is -1.11. The first-order chi connectivity index (χ1) is 17.1. The fourth-order valence-electron chi connectivity index (χ4n) is 5.59. The van der Waals surface area contributed by atoms with Gasteiger partial charge in [-0.3, -0.25) is 9.59 Å². The molecular formula is C29H43NO5S. The van der Waals surface area contributed by atoms with Crippen molar-refractivity contribution in [1.82, 2.24) is 4.98 Å². The van der Waals surface area contributed by atoms with Gasteiger partial charge in [0.25, 0.3) is 0 Å². The number of esters is 1. The van der Waals surface area contributed by atoms with Crippen LogP contribution in [0.25, 0.3) is 6.08 Å². The first-order valence-electron chi connectivity index (χ1n) is 13.4. The maximum absolute atomic E-state index is 13.7. The number of nitrogens with zero attached hydrogens (tertiary/aromatic N) is 1. The molecule has 1 aromatic heterocycles. The van der Waals surface area contributed by atoms with Crippen LogP contribution in [0.1, 0.15) is 96.2 Å². The highest BCUT2D eigenvalue weighted by Gasteiger charge is 2.53. The lowest BCUT2D eigenvalue weighted by Gasteiger charge is -2.46. The summed E-state index contributed by atoms with van der Waals surface area (Å²) in [5, 5.41) is 25.2. The maximum Gasteiger partial charge on any atom is 0.309 e. The van der Waals surface area contributed by atoms with E-state index in [9.17, 15) is 19.8 Å². The number of aliphatic hydroxyl groups is 2. The van der Waals surface area contributed by atoms with Gasteiger partial charge in [0.2, 0.25) is 0 Å². The van der Waals surface area contributed by atoms with Crippen LogP contribution in [-0.4, -0.2) is 45.3 Å². The number of ketones is 1. The van der Waals surface area contributed by atoms with E-state index < -0.39 is 35.6 Å². The Morgan fingerprint density at radius 1 is 1.25 bits per heavy atom. The summed E-state index contributed by atoms with van der Waals surface area (Å²) in [7, 11) is 0. The number of hydrogen-bond donors (Lipinski definition) is 2. The molecule has 1 aromatic rings. The van der Waals surface area contributed by atoms with E-state index in [4.69, 9.17) is 4.74 Å². The average molecular weight is 518 g/mol. The summed E-state index contributed by atoms with van der Waals surface area (Å²) in [6.07, 6.45) is 7.13. The number of rotatable bonds is 3. The van der Waals surface area contributed by atoms with Crippen LogP contribution in [0.5, 0.6) is 0 Å². The van der Waals surface area contributed by atoms with Gasteiger partial charge in [0, 0.05) is 17.7 Å². The average Bonchev–Trinajstić information content (AvgIpc) is 3.19. The van der Waals surface area contributed by atoms with Gasteiger partial charge in [-0.05, 0) is 76.9 Å². The summed E-state index contributed by atoms with van der Waals surface area (Å²) in [6, 6.07) is 0. The van der Waals surface area contributed by atoms with Gasteiger partial charge in [-0.15, -0.1) is 11.3 Å². The van der Waals surface area contributed by atoms with E-state index in [1.54, 1.807) is 11.3 Å². The van der Waals surface area contributed by atoms with Crippen LogP contribution >= 0.6 is 11.3 Å². The molecule has 5 atom stereocenters. The third-order valence-corrected chi connectivity index (χ3v) is 9.00. The van der Waals surface area contributed by atoms with E-state index in [1.807, 2.05) is 39.2 Å². The van der Waals surface area contributed by atoms with Crippen molar-refractivity contribution in [2.75, 3.05) is 0 Å². The monoisotopic (exact) mass is 517 g/mol. The Morgan fingerprint density at radius 3 is 2.56 bits per heavy atom. The number of cyclic esters (lactones) is 1. The highest BCUT2D eigenvalue weighted by Crippen LogP contribution is 2.48. The molecule has 1 fully saturated rings. The molecule has 36 heavy (non-hydrogen) atoms. The third-order valence-electron chi connectivity index (χ3n) is 8.21. The fourth-order valence-corrected chi connectivity index (χ4v) is 6.16.